The van der Waals surface area contributed by atoms with Gasteiger partial charge in [-0.25, -0.2) is 8.42 Å². The summed E-state index contributed by atoms with van der Waals surface area (Å²) in [5.41, 5.74) is 0.996. The maximum Gasteiger partial charge on any atom is 0.268 e. The number of methoxy groups -OCH3 is 1. The van der Waals surface area contributed by atoms with Crippen molar-refractivity contribution in [2.75, 3.05) is 18.7 Å². The summed E-state index contributed by atoms with van der Waals surface area (Å²) in [4.78, 5) is 16.2. The Morgan fingerprint density at radius 1 is 1.26 bits per heavy atom. The van der Waals surface area contributed by atoms with Crippen LogP contribution in [0.2, 0.25) is 10.0 Å². The molecule has 2 aromatic carbocycles. The molecular weight excluding hydrogens is 523 g/mol. The van der Waals surface area contributed by atoms with Crippen molar-refractivity contribution in [3.63, 3.8) is 0 Å². The van der Waals surface area contributed by atoms with Crippen LogP contribution in [0.1, 0.15) is 11.1 Å². The van der Waals surface area contributed by atoms with Gasteiger partial charge in [0.1, 0.15) is 18.2 Å². The van der Waals surface area contributed by atoms with Crippen LogP contribution in [0, 0.1) is 11.3 Å². The van der Waals surface area contributed by atoms with Gasteiger partial charge in [0.05, 0.1) is 12.1 Å². The highest BCUT2D eigenvalue weighted by molar-refractivity contribution is 7.90. The van der Waals surface area contributed by atoms with Gasteiger partial charge >= 0.3 is 0 Å². The van der Waals surface area contributed by atoms with Crippen LogP contribution in [-0.4, -0.2) is 37.0 Å². The number of amides is 1. The van der Waals surface area contributed by atoms with Gasteiger partial charge in [0.25, 0.3) is 11.1 Å². The number of anilines is 1. The molecular formula is C21H16Cl2N4O5S2. The van der Waals surface area contributed by atoms with Crippen LogP contribution in [0.15, 0.2) is 47.1 Å². The number of nitrogens with zero attached hydrogens (tertiary/aromatic N) is 3. The number of sulfone groups is 1. The number of carbonyl (C=O) groups excluding carboxylic acids is 1. The lowest BCUT2D eigenvalue weighted by molar-refractivity contribution is -0.112. The number of ether oxygens (including phenoxy) is 2. The minimum absolute atomic E-state index is 0.0619. The van der Waals surface area contributed by atoms with Crippen molar-refractivity contribution < 1.29 is 22.7 Å². The summed E-state index contributed by atoms with van der Waals surface area (Å²) in [6.07, 6.45) is 2.24. The van der Waals surface area contributed by atoms with E-state index in [0.29, 0.717) is 33.6 Å². The zero-order chi connectivity index (χ0) is 24.9. The van der Waals surface area contributed by atoms with E-state index in [4.69, 9.17) is 32.7 Å². The number of halogens is 2. The van der Waals surface area contributed by atoms with Crippen LogP contribution < -0.4 is 14.8 Å². The summed E-state index contributed by atoms with van der Waals surface area (Å²) in [6, 6.07) is 12.0. The molecule has 176 valence electrons. The molecule has 0 bridgehead atoms. The topological polar surface area (TPSA) is 131 Å². The lowest BCUT2D eigenvalue weighted by Gasteiger charge is -2.13. The van der Waals surface area contributed by atoms with Gasteiger partial charge in [-0.3, -0.25) is 10.1 Å². The molecule has 0 aliphatic carbocycles. The molecule has 0 saturated carbocycles. The molecule has 0 aliphatic rings. The Balaban J connectivity index is 1.80. The molecule has 0 spiro atoms. The Kier molecular flexibility index (Phi) is 8.11. The first-order chi connectivity index (χ1) is 16.1. The van der Waals surface area contributed by atoms with Crippen LogP contribution in [-0.2, 0) is 21.2 Å². The Labute approximate surface area is 209 Å². The van der Waals surface area contributed by atoms with Gasteiger partial charge in [-0.05, 0) is 41.5 Å². The van der Waals surface area contributed by atoms with E-state index >= 15 is 0 Å². The van der Waals surface area contributed by atoms with Crippen LogP contribution in [0.25, 0.3) is 6.08 Å². The Morgan fingerprint density at radius 2 is 1.97 bits per heavy atom. The van der Waals surface area contributed by atoms with Crippen molar-refractivity contribution in [2.24, 2.45) is 0 Å². The predicted molar refractivity (Wildman–Crippen MR) is 129 cm³/mol. The molecule has 0 aliphatic heterocycles. The van der Waals surface area contributed by atoms with Crippen LogP contribution >= 0.6 is 34.7 Å². The van der Waals surface area contributed by atoms with E-state index in [1.54, 1.807) is 24.3 Å². The molecule has 1 N–H and O–H groups in total. The molecule has 0 unspecified atom stereocenters. The van der Waals surface area contributed by atoms with Crippen molar-refractivity contribution in [1.29, 1.82) is 5.26 Å². The second-order valence-electron chi connectivity index (χ2n) is 6.73. The number of carbonyl (C=O) groups is 1. The van der Waals surface area contributed by atoms with E-state index in [-0.39, 0.29) is 22.3 Å². The van der Waals surface area contributed by atoms with Crippen LogP contribution in [0.4, 0.5) is 5.13 Å². The Morgan fingerprint density at radius 3 is 2.56 bits per heavy atom. The van der Waals surface area contributed by atoms with Gasteiger partial charge in [0, 0.05) is 22.8 Å². The molecule has 0 atom stereocenters. The fourth-order valence-electron chi connectivity index (χ4n) is 2.59. The number of nitrogens with one attached hydrogen (secondary N) is 1. The number of hydrogen-bond acceptors (Lipinski definition) is 9. The summed E-state index contributed by atoms with van der Waals surface area (Å²) in [5.74, 6) is -0.203. The second-order valence-corrected chi connectivity index (χ2v) is 10.2. The SMILES string of the molecule is COc1cc(/C=C(/C#N)C(=O)Nc2nc(S(C)(=O)=O)ns2)cc(Cl)c1OCc1ccc(Cl)cc1. The standard InChI is InChI=1S/C21H16Cl2N4O5S2/c1-31-17-9-13(8-16(23)18(17)32-11-12-3-5-15(22)6-4-12)7-14(10-24)19(28)25-20-26-21(27-33-20)34(2,29)30/h3-9H,11H2,1-2H3,(H,25,26,27,28)/b14-7-. The molecule has 3 aromatic rings. The molecule has 0 saturated heterocycles. The van der Waals surface area contributed by atoms with Gasteiger partial charge in [-0.2, -0.15) is 14.6 Å². The lowest BCUT2D eigenvalue weighted by Crippen LogP contribution is -2.13. The van der Waals surface area contributed by atoms with E-state index in [2.05, 4.69) is 14.7 Å². The number of rotatable bonds is 8. The van der Waals surface area contributed by atoms with Crippen molar-refractivity contribution in [3.05, 3.63) is 63.1 Å². The molecule has 0 radical (unpaired) electrons. The Hall–Kier alpha value is -3.17. The molecule has 0 fully saturated rings. The number of nitriles is 1. The number of benzene rings is 2. The largest absolute Gasteiger partial charge is 0.493 e. The van der Waals surface area contributed by atoms with Crippen molar-refractivity contribution in [2.45, 2.75) is 11.8 Å². The van der Waals surface area contributed by atoms with E-state index < -0.39 is 20.9 Å². The van der Waals surface area contributed by atoms with Crippen LogP contribution in [0.5, 0.6) is 11.5 Å². The smallest absolute Gasteiger partial charge is 0.268 e. The maximum absolute atomic E-state index is 12.5. The highest BCUT2D eigenvalue weighted by Crippen LogP contribution is 2.37. The van der Waals surface area contributed by atoms with Crippen molar-refractivity contribution >= 4 is 61.7 Å². The fourth-order valence-corrected chi connectivity index (χ4v) is 4.43. The minimum Gasteiger partial charge on any atom is -0.493 e. The van der Waals surface area contributed by atoms with E-state index in [1.165, 1.54) is 19.3 Å². The second kappa shape index (κ2) is 10.8. The van der Waals surface area contributed by atoms with Crippen molar-refractivity contribution in [1.82, 2.24) is 9.36 Å². The zero-order valence-corrected chi connectivity index (χ0v) is 20.8. The molecule has 9 nitrogen and oxygen atoms in total. The van der Waals surface area contributed by atoms with Crippen molar-refractivity contribution in [3.8, 4) is 17.6 Å². The molecule has 1 heterocycles. The summed E-state index contributed by atoms with van der Waals surface area (Å²) in [7, 11) is -2.19. The van der Waals surface area contributed by atoms with E-state index in [1.807, 2.05) is 12.1 Å². The van der Waals surface area contributed by atoms with Gasteiger partial charge < -0.3 is 9.47 Å². The number of aromatic nitrogens is 2. The summed E-state index contributed by atoms with van der Waals surface area (Å²) < 4.78 is 37.8. The van der Waals surface area contributed by atoms with Gasteiger partial charge in [0.15, 0.2) is 11.5 Å². The first kappa shape index (κ1) is 25.5. The predicted octanol–water partition coefficient (Wildman–Crippen LogP) is 4.38. The van der Waals surface area contributed by atoms with Gasteiger partial charge in [-0.1, -0.05) is 35.3 Å². The highest BCUT2D eigenvalue weighted by atomic mass is 35.5. The Bertz CT molecular complexity index is 1400. The summed E-state index contributed by atoms with van der Waals surface area (Å²) in [5, 5.41) is 12.1. The first-order valence-electron chi connectivity index (χ1n) is 9.32. The third kappa shape index (κ3) is 6.45. The molecule has 13 heteroatoms. The normalized spacial score (nSPS) is 11.6. The average Bonchev–Trinajstić information content (AvgIpc) is 3.26. The zero-order valence-electron chi connectivity index (χ0n) is 17.7. The maximum atomic E-state index is 12.5. The number of hydrogen-bond donors (Lipinski definition) is 1. The monoisotopic (exact) mass is 538 g/mol. The highest BCUT2D eigenvalue weighted by Gasteiger charge is 2.18. The molecule has 1 amide bonds. The van der Waals surface area contributed by atoms with Gasteiger partial charge in [0.2, 0.25) is 15.0 Å². The average molecular weight is 539 g/mol. The third-order valence-corrected chi connectivity index (χ3v) is 6.31. The third-order valence-electron chi connectivity index (χ3n) is 4.18. The van der Waals surface area contributed by atoms with Gasteiger partial charge in [-0.15, -0.1) is 0 Å². The van der Waals surface area contributed by atoms with Crippen LogP contribution in [0.3, 0.4) is 0 Å². The molecule has 1 aromatic heterocycles. The fraction of sp³-hybridized carbons (Fsp3) is 0.143. The van der Waals surface area contributed by atoms with E-state index in [9.17, 15) is 18.5 Å². The summed E-state index contributed by atoms with van der Waals surface area (Å²) >= 11 is 12.9. The molecule has 34 heavy (non-hydrogen) atoms. The first-order valence-corrected chi connectivity index (χ1v) is 12.7. The quantitative estimate of drug-likeness (QED) is 0.330. The van der Waals surface area contributed by atoms with E-state index in [0.717, 1.165) is 11.8 Å². The molecule has 3 rings (SSSR count). The minimum atomic E-state index is -3.62. The summed E-state index contributed by atoms with van der Waals surface area (Å²) in [6.45, 7) is 0.214. The lowest BCUT2D eigenvalue weighted by atomic mass is 10.1.